The van der Waals surface area contributed by atoms with Gasteiger partial charge < -0.3 is 4.90 Å². The summed E-state index contributed by atoms with van der Waals surface area (Å²) in [5, 5.41) is 0.739. The lowest BCUT2D eigenvalue weighted by Gasteiger charge is -2.29. The molecule has 0 radical (unpaired) electrons. The second-order valence-corrected chi connectivity index (χ2v) is 11.7. The van der Waals surface area contributed by atoms with E-state index in [1.54, 1.807) is 13.1 Å². The molecule has 0 N–H and O–H groups in total. The van der Waals surface area contributed by atoms with Crippen LogP contribution in [0.3, 0.4) is 0 Å². The van der Waals surface area contributed by atoms with Crippen LogP contribution in [0, 0.1) is 11.6 Å². The highest BCUT2D eigenvalue weighted by molar-refractivity contribution is 7.92. The van der Waals surface area contributed by atoms with Crippen molar-refractivity contribution in [3.63, 3.8) is 0 Å². The summed E-state index contributed by atoms with van der Waals surface area (Å²) in [4.78, 5) is 19.3. The molecule has 0 aliphatic carbocycles. The molecule has 0 saturated carbocycles. The van der Waals surface area contributed by atoms with Gasteiger partial charge >= 0.3 is 0 Å². The fourth-order valence-corrected chi connectivity index (χ4v) is 6.78. The number of amides is 1. The average molecular weight is 540 g/mol. The van der Waals surface area contributed by atoms with Crippen LogP contribution in [-0.4, -0.2) is 37.3 Å². The van der Waals surface area contributed by atoms with Gasteiger partial charge in [-0.05, 0) is 62.6 Å². The minimum absolute atomic E-state index is 0.0827. The lowest BCUT2D eigenvalue weighted by molar-refractivity contribution is -0.130. The van der Waals surface area contributed by atoms with E-state index in [2.05, 4.69) is 4.98 Å². The lowest BCUT2D eigenvalue weighted by atomic mass is 10.2. The molecule has 1 fully saturated rings. The number of anilines is 1. The number of carbonyl (C=O) groups excluding carboxylic acids is 1. The monoisotopic (exact) mass is 539 g/mol. The van der Waals surface area contributed by atoms with E-state index in [-0.39, 0.29) is 10.8 Å². The fourth-order valence-electron chi connectivity index (χ4n) is 4.01. The maximum atomic E-state index is 14.8. The van der Waals surface area contributed by atoms with Crippen LogP contribution in [0.4, 0.5) is 14.5 Å². The third kappa shape index (κ3) is 5.65. The molecule has 1 aliphatic heterocycles. The number of thiazole rings is 1. The van der Waals surface area contributed by atoms with Gasteiger partial charge in [-0.1, -0.05) is 11.6 Å². The highest BCUT2D eigenvalue weighted by atomic mass is 35.5. The topological polar surface area (TPSA) is 70.6 Å². The Kier molecular flexibility index (Phi) is 7.73. The van der Waals surface area contributed by atoms with Gasteiger partial charge in [-0.15, -0.1) is 11.3 Å². The second-order valence-electron chi connectivity index (χ2n) is 8.28. The number of likely N-dealkylation sites (tertiary alicyclic amines) is 1. The molecule has 1 aliphatic rings. The normalized spacial score (nSPS) is 14.8. The van der Waals surface area contributed by atoms with Gasteiger partial charge in [-0.3, -0.25) is 9.10 Å². The second kappa shape index (κ2) is 10.6. The Hall–Kier alpha value is -2.56. The molecule has 6 nitrogen and oxygen atoms in total. The zero-order valence-corrected chi connectivity index (χ0v) is 21.3. The van der Waals surface area contributed by atoms with E-state index in [1.165, 1.54) is 35.6 Å². The quantitative estimate of drug-likeness (QED) is 0.374. The largest absolute Gasteiger partial charge is 0.343 e. The Morgan fingerprint density at radius 2 is 1.86 bits per heavy atom. The number of carbonyl (C=O) groups is 1. The maximum absolute atomic E-state index is 14.8. The van der Waals surface area contributed by atoms with Crippen molar-refractivity contribution in [1.82, 2.24) is 9.88 Å². The number of hydrogen-bond donors (Lipinski definition) is 0. The van der Waals surface area contributed by atoms with Crippen LogP contribution < -0.4 is 4.31 Å². The minimum atomic E-state index is -4.31. The summed E-state index contributed by atoms with van der Waals surface area (Å²) in [7, 11) is -4.31. The van der Waals surface area contributed by atoms with E-state index in [1.807, 2.05) is 4.90 Å². The number of rotatable bonds is 8. The standard InChI is InChI=1S/C24H24ClF2N3O3S2/c1-16(24-28-15-19(34-24)7-11-23(31)29-12-2-3-13-29)30(22-14-18(26)6-10-21(22)27)35(32,33)20-8-4-17(25)5-9-20/h4-6,8-10,14-16H,2-3,7,11-13H2,1H3. The summed E-state index contributed by atoms with van der Waals surface area (Å²) in [6.07, 6.45) is 4.44. The third-order valence-corrected chi connectivity index (χ3v) is 9.22. The molecule has 2 heterocycles. The van der Waals surface area contributed by atoms with E-state index in [4.69, 9.17) is 11.6 Å². The molecule has 1 aromatic heterocycles. The zero-order valence-electron chi connectivity index (χ0n) is 19.0. The maximum Gasteiger partial charge on any atom is 0.265 e. The van der Waals surface area contributed by atoms with Crippen LogP contribution in [0.25, 0.3) is 0 Å². The summed E-state index contributed by atoms with van der Waals surface area (Å²) in [5.74, 6) is -1.58. The summed E-state index contributed by atoms with van der Waals surface area (Å²) >= 11 is 7.15. The third-order valence-electron chi connectivity index (χ3n) is 5.84. The highest BCUT2D eigenvalue weighted by Gasteiger charge is 2.34. The van der Waals surface area contributed by atoms with Crippen molar-refractivity contribution in [3.05, 3.63) is 75.2 Å². The molecule has 4 rings (SSSR count). The molecule has 0 spiro atoms. The van der Waals surface area contributed by atoms with Gasteiger partial charge in [-0.2, -0.15) is 0 Å². The summed E-state index contributed by atoms with van der Waals surface area (Å²) in [6, 6.07) is 7.17. The van der Waals surface area contributed by atoms with Crippen molar-refractivity contribution in [1.29, 1.82) is 0 Å². The number of aryl methyl sites for hydroxylation is 1. The van der Waals surface area contributed by atoms with E-state index in [9.17, 15) is 22.0 Å². The molecular weight excluding hydrogens is 516 g/mol. The van der Waals surface area contributed by atoms with Crippen molar-refractivity contribution in [2.24, 2.45) is 0 Å². The summed E-state index contributed by atoms with van der Waals surface area (Å²) in [6.45, 7) is 3.12. The Balaban J connectivity index is 1.64. The van der Waals surface area contributed by atoms with Crippen molar-refractivity contribution in [2.45, 2.75) is 43.5 Å². The zero-order chi connectivity index (χ0) is 25.2. The molecular formula is C24H24ClF2N3O3S2. The molecule has 1 atom stereocenters. The molecule has 1 amide bonds. The van der Waals surface area contributed by atoms with Gasteiger partial charge in [0.05, 0.1) is 16.6 Å². The van der Waals surface area contributed by atoms with Gasteiger partial charge in [0.15, 0.2) is 0 Å². The number of nitrogens with zero attached hydrogens (tertiary/aromatic N) is 3. The van der Waals surface area contributed by atoms with Crippen LogP contribution in [0.2, 0.25) is 5.02 Å². The first-order valence-corrected chi connectivity index (χ1v) is 13.8. The van der Waals surface area contributed by atoms with Crippen molar-refractivity contribution in [3.8, 4) is 0 Å². The van der Waals surface area contributed by atoms with Crippen LogP contribution in [0.1, 0.15) is 42.1 Å². The van der Waals surface area contributed by atoms with Gasteiger partial charge in [-0.25, -0.2) is 22.2 Å². The predicted octanol–water partition coefficient (Wildman–Crippen LogP) is 5.59. The number of aromatic nitrogens is 1. The van der Waals surface area contributed by atoms with Gasteiger partial charge in [0.1, 0.15) is 16.6 Å². The first-order chi connectivity index (χ1) is 16.7. The number of sulfonamides is 1. The van der Waals surface area contributed by atoms with E-state index < -0.39 is 33.4 Å². The highest BCUT2D eigenvalue weighted by Crippen LogP contribution is 2.37. The smallest absolute Gasteiger partial charge is 0.265 e. The molecule has 35 heavy (non-hydrogen) atoms. The molecule has 1 unspecified atom stereocenters. The lowest BCUT2D eigenvalue weighted by Crippen LogP contribution is -2.34. The average Bonchev–Trinajstić information content (AvgIpc) is 3.53. The molecule has 3 aromatic rings. The number of hydrogen-bond acceptors (Lipinski definition) is 5. The molecule has 186 valence electrons. The van der Waals surface area contributed by atoms with Gasteiger partial charge in [0, 0.05) is 41.7 Å². The van der Waals surface area contributed by atoms with E-state index >= 15 is 0 Å². The molecule has 11 heteroatoms. The van der Waals surface area contributed by atoms with Crippen LogP contribution >= 0.6 is 22.9 Å². The van der Waals surface area contributed by atoms with Crippen molar-refractivity contribution < 1.29 is 22.0 Å². The first kappa shape index (κ1) is 25.5. The number of halogens is 3. The van der Waals surface area contributed by atoms with E-state index in [0.717, 1.165) is 53.3 Å². The van der Waals surface area contributed by atoms with Crippen LogP contribution in [-0.2, 0) is 21.2 Å². The Morgan fingerprint density at radius 3 is 2.54 bits per heavy atom. The van der Waals surface area contributed by atoms with Gasteiger partial charge in [0.2, 0.25) is 5.91 Å². The first-order valence-electron chi connectivity index (χ1n) is 11.1. The Labute approximate surface area is 212 Å². The van der Waals surface area contributed by atoms with E-state index in [0.29, 0.717) is 22.9 Å². The summed E-state index contributed by atoms with van der Waals surface area (Å²) in [5.41, 5.74) is -0.423. The van der Waals surface area contributed by atoms with Crippen LogP contribution in [0.5, 0.6) is 0 Å². The molecule has 2 aromatic carbocycles. The van der Waals surface area contributed by atoms with Crippen LogP contribution in [0.15, 0.2) is 53.6 Å². The predicted molar refractivity (Wildman–Crippen MR) is 132 cm³/mol. The van der Waals surface area contributed by atoms with Crippen molar-refractivity contribution >= 4 is 44.6 Å². The number of benzene rings is 2. The molecule has 0 bridgehead atoms. The fraction of sp³-hybridized carbons (Fsp3) is 0.333. The Morgan fingerprint density at radius 1 is 1.17 bits per heavy atom. The Bertz CT molecular complexity index is 1310. The molecule has 1 saturated heterocycles. The summed E-state index contributed by atoms with van der Waals surface area (Å²) < 4.78 is 56.9. The minimum Gasteiger partial charge on any atom is -0.343 e. The SMILES string of the molecule is CC(c1ncc(CCC(=O)N2CCCC2)s1)N(c1cc(F)ccc1F)S(=O)(=O)c1ccc(Cl)cc1. The van der Waals surface area contributed by atoms with Gasteiger partial charge in [0.25, 0.3) is 10.0 Å². The van der Waals surface area contributed by atoms with Crippen molar-refractivity contribution in [2.75, 3.05) is 17.4 Å².